The zero-order valence-electron chi connectivity index (χ0n) is 11.0. The van der Waals surface area contributed by atoms with Crippen molar-refractivity contribution in [1.29, 1.82) is 0 Å². The molecule has 0 spiro atoms. The molecule has 0 radical (unpaired) electrons. The van der Waals surface area contributed by atoms with Gasteiger partial charge in [0, 0.05) is 12.6 Å². The van der Waals surface area contributed by atoms with E-state index in [2.05, 4.69) is 0 Å². The number of carbonyl (C=O) groups excluding carboxylic acids is 1. The summed E-state index contributed by atoms with van der Waals surface area (Å²) < 4.78 is 23.0. The van der Waals surface area contributed by atoms with E-state index in [1.54, 1.807) is 18.7 Å². The van der Waals surface area contributed by atoms with Crippen molar-refractivity contribution in [2.75, 3.05) is 18.1 Å². The molecular weight excluding hydrogens is 272 g/mol. The van der Waals surface area contributed by atoms with Gasteiger partial charge < -0.3 is 10.6 Å². The molecule has 0 saturated carbocycles. The third kappa shape index (κ3) is 2.83. The molecule has 0 aromatic heterocycles. The fourth-order valence-corrected chi connectivity index (χ4v) is 3.84. The summed E-state index contributed by atoms with van der Waals surface area (Å²) in [5.74, 6) is -0.143. The highest BCUT2D eigenvalue weighted by molar-refractivity contribution is 7.91. The molecule has 0 aromatic carbocycles. The molecule has 1 aliphatic heterocycles. The van der Waals surface area contributed by atoms with Crippen molar-refractivity contribution in [3.05, 3.63) is 0 Å². The highest BCUT2D eigenvalue weighted by Crippen LogP contribution is 2.27. The van der Waals surface area contributed by atoms with Crippen molar-refractivity contribution < 1.29 is 13.2 Å². The van der Waals surface area contributed by atoms with Gasteiger partial charge >= 0.3 is 0 Å². The number of rotatable bonds is 3. The topological polar surface area (TPSA) is 80.5 Å². The third-order valence-electron chi connectivity index (χ3n) is 3.65. The Bertz CT molecular complexity index is 461. The molecule has 0 aromatic rings. The second-order valence-electron chi connectivity index (χ2n) is 5.01. The van der Waals surface area contributed by atoms with Gasteiger partial charge in [-0.2, -0.15) is 0 Å². The number of hydrogen-bond acceptors (Lipinski definition) is 4. The maximum absolute atomic E-state index is 12.5. The molecule has 1 rings (SSSR count). The van der Waals surface area contributed by atoms with Crippen molar-refractivity contribution >= 4 is 33.0 Å². The van der Waals surface area contributed by atoms with E-state index in [1.165, 1.54) is 0 Å². The van der Waals surface area contributed by atoms with Crippen LogP contribution < -0.4 is 5.73 Å². The SMILES string of the molecule is CCC(C)(C(=O)N1CCS(=O)(=O)CC1C)C(N)=S. The number of thiocarbonyl (C=S) groups is 1. The van der Waals surface area contributed by atoms with E-state index < -0.39 is 15.3 Å². The monoisotopic (exact) mass is 292 g/mol. The Labute approximate surface area is 114 Å². The first-order chi connectivity index (χ1) is 8.14. The second-order valence-corrected chi connectivity index (χ2v) is 7.68. The minimum absolute atomic E-state index is 0.00979. The highest BCUT2D eigenvalue weighted by Gasteiger charge is 2.42. The highest BCUT2D eigenvalue weighted by atomic mass is 32.2. The zero-order chi connectivity index (χ0) is 14.1. The number of sulfone groups is 1. The molecule has 2 N–H and O–H groups in total. The number of nitrogens with zero attached hydrogens (tertiary/aromatic N) is 1. The largest absolute Gasteiger partial charge is 0.392 e. The predicted molar refractivity (Wildman–Crippen MR) is 75.0 cm³/mol. The average molecular weight is 292 g/mol. The Kier molecular flexibility index (Phi) is 4.38. The van der Waals surface area contributed by atoms with Crippen LogP contribution in [0.15, 0.2) is 0 Å². The quantitative estimate of drug-likeness (QED) is 0.758. The summed E-state index contributed by atoms with van der Waals surface area (Å²) in [4.78, 5) is 14.2. The Balaban J connectivity index is 2.95. The average Bonchev–Trinajstić information content (AvgIpc) is 2.25. The normalized spacial score (nSPS) is 26.4. The standard InChI is InChI=1S/C11H20N2O3S2/c1-4-11(3,9(12)17)10(14)13-5-6-18(15,16)7-8(13)2/h8H,4-7H2,1-3H3,(H2,12,17). The van der Waals surface area contributed by atoms with Gasteiger partial charge in [-0.25, -0.2) is 8.42 Å². The summed E-state index contributed by atoms with van der Waals surface area (Å²) in [5, 5.41) is 0. The number of amides is 1. The molecule has 2 atom stereocenters. The van der Waals surface area contributed by atoms with Gasteiger partial charge in [0.15, 0.2) is 9.84 Å². The molecule has 0 aliphatic carbocycles. The van der Waals surface area contributed by atoms with E-state index in [0.717, 1.165) is 0 Å². The molecule has 2 unspecified atom stereocenters. The molecule has 1 aliphatic rings. The van der Waals surface area contributed by atoms with Gasteiger partial charge in [0.1, 0.15) is 0 Å². The Morgan fingerprint density at radius 3 is 2.50 bits per heavy atom. The molecule has 18 heavy (non-hydrogen) atoms. The van der Waals surface area contributed by atoms with Crippen LogP contribution in [0, 0.1) is 5.41 Å². The van der Waals surface area contributed by atoms with Crippen LogP contribution in [0.2, 0.25) is 0 Å². The van der Waals surface area contributed by atoms with Crippen LogP contribution in [-0.2, 0) is 14.6 Å². The van der Waals surface area contributed by atoms with Gasteiger partial charge in [-0.05, 0) is 20.3 Å². The van der Waals surface area contributed by atoms with E-state index >= 15 is 0 Å². The number of nitrogens with two attached hydrogens (primary N) is 1. The summed E-state index contributed by atoms with van der Waals surface area (Å²) in [7, 11) is -3.03. The summed E-state index contributed by atoms with van der Waals surface area (Å²) in [5.41, 5.74) is 4.77. The molecule has 7 heteroatoms. The number of carbonyl (C=O) groups is 1. The van der Waals surface area contributed by atoms with Crippen LogP contribution in [-0.4, -0.2) is 48.3 Å². The van der Waals surface area contributed by atoms with E-state index in [9.17, 15) is 13.2 Å². The molecule has 1 saturated heterocycles. The van der Waals surface area contributed by atoms with Crippen molar-refractivity contribution in [1.82, 2.24) is 4.90 Å². The number of hydrogen-bond donors (Lipinski definition) is 1. The smallest absolute Gasteiger partial charge is 0.235 e. The van der Waals surface area contributed by atoms with E-state index in [1.807, 2.05) is 6.92 Å². The lowest BCUT2D eigenvalue weighted by atomic mass is 9.85. The Hall–Kier alpha value is -0.690. The van der Waals surface area contributed by atoms with E-state index in [0.29, 0.717) is 6.42 Å². The van der Waals surface area contributed by atoms with Crippen LogP contribution in [0.5, 0.6) is 0 Å². The summed E-state index contributed by atoms with van der Waals surface area (Å²) >= 11 is 4.97. The third-order valence-corrected chi connectivity index (χ3v) is 5.90. The molecule has 0 bridgehead atoms. The van der Waals surface area contributed by atoms with Crippen LogP contribution in [0.25, 0.3) is 0 Å². The van der Waals surface area contributed by atoms with Gasteiger partial charge in [-0.3, -0.25) is 4.79 Å². The van der Waals surface area contributed by atoms with Crippen molar-refractivity contribution in [2.45, 2.75) is 33.2 Å². The van der Waals surface area contributed by atoms with Gasteiger partial charge in [0.2, 0.25) is 5.91 Å². The maximum Gasteiger partial charge on any atom is 0.235 e. The lowest BCUT2D eigenvalue weighted by Crippen LogP contribution is -2.56. The molecule has 1 amide bonds. The molecule has 5 nitrogen and oxygen atoms in total. The van der Waals surface area contributed by atoms with Crippen LogP contribution in [0.1, 0.15) is 27.2 Å². The minimum Gasteiger partial charge on any atom is -0.392 e. The first kappa shape index (κ1) is 15.4. The van der Waals surface area contributed by atoms with E-state index in [-0.39, 0.29) is 35.0 Å². The Morgan fingerprint density at radius 2 is 2.11 bits per heavy atom. The Morgan fingerprint density at radius 1 is 1.56 bits per heavy atom. The zero-order valence-corrected chi connectivity index (χ0v) is 12.6. The minimum atomic E-state index is -3.03. The van der Waals surface area contributed by atoms with Crippen molar-refractivity contribution in [3.8, 4) is 0 Å². The van der Waals surface area contributed by atoms with Gasteiger partial charge in [0.25, 0.3) is 0 Å². The predicted octanol–water partition coefficient (Wildman–Crippen LogP) is 0.334. The van der Waals surface area contributed by atoms with Gasteiger partial charge in [0.05, 0.1) is 21.9 Å². The lowest BCUT2D eigenvalue weighted by Gasteiger charge is -2.39. The van der Waals surface area contributed by atoms with Crippen LogP contribution in [0.3, 0.4) is 0 Å². The molecule has 104 valence electrons. The fraction of sp³-hybridized carbons (Fsp3) is 0.818. The lowest BCUT2D eigenvalue weighted by molar-refractivity contribution is -0.139. The maximum atomic E-state index is 12.5. The van der Waals surface area contributed by atoms with Crippen LogP contribution in [0.4, 0.5) is 0 Å². The van der Waals surface area contributed by atoms with Crippen molar-refractivity contribution in [2.24, 2.45) is 11.1 Å². The first-order valence-electron chi connectivity index (χ1n) is 5.95. The summed E-state index contributed by atoms with van der Waals surface area (Å²) in [6, 6.07) is -0.323. The van der Waals surface area contributed by atoms with Crippen molar-refractivity contribution in [3.63, 3.8) is 0 Å². The van der Waals surface area contributed by atoms with E-state index in [4.69, 9.17) is 18.0 Å². The second kappa shape index (κ2) is 5.13. The molecule has 1 fully saturated rings. The summed E-state index contributed by atoms with van der Waals surface area (Å²) in [6.45, 7) is 5.53. The van der Waals surface area contributed by atoms with Gasteiger partial charge in [-0.1, -0.05) is 19.1 Å². The summed E-state index contributed by atoms with van der Waals surface area (Å²) in [6.07, 6.45) is 0.511. The van der Waals surface area contributed by atoms with Crippen LogP contribution >= 0.6 is 12.2 Å². The first-order valence-corrected chi connectivity index (χ1v) is 8.18. The molecular formula is C11H20N2O3S2. The fourth-order valence-electron chi connectivity index (χ4n) is 2.05. The van der Waals surface area contributed by atoms with Gasteiger partial charge in [-0.15, -0.1) is 0 Å². The molecule has 1 heterocycles.